The van der Waals surface area contributed by atoms with E-state index in [4.69, 9.17) is 22.1 Å². The molecule has 0 radical (unpaired) electrons. The lowest BCUT2D eigenvalue weighted by atomic mass is 10.3. The summed E-state index contributed by atoms with van der Waals surface area (Å²) >= 11 is 5.58. The Morgan fingerprint density at radius 3 is 2.86 bits per heavy atom. The summed E-state index contributed by atoms with van der Waals surface area (Å²) in [5.74, 6) is -0.295. The summed E-state index contributed by atoms with van der Waals surface area (Å²) in [7, 11) is 0. The van der Waals surface area contributed by atoms with E-state index < -0.39 is 5.82 Å². The van der Waals surface area contributed by atoms with Gasteiger partial charge in [-0.1, -0.05) is 17.7 Å². The van der Waals surface area contributed by atoms with E-state index in [1.165, 1.54) is 6.07 Å². The molecule has 0 spiro atoms. The lowest BCUT2D eigenvalue weighted by molar-refractivity contribution is 0.293. The molecule has 1 aromatic rings. The van der Waals surface area contributed by atoms with Gasteiger partial charge in [0.05, 0.1) is 11.6 Å². The van der Waals surface area contributed by atoms with E-state index in [2.05, 4.69) is 0 Å². The third-order valence-electron chi connectivity index (χ3n) is 1.77. The molecule has 0 aromatic heterocycles. The molecule has 0 saturated heterocycles. The van der Waals surface area contributed by atoms with Crippen LogP contribution in [-0.4, -0.2) is 13.2 Å². The van der Waals surface area contributed by atoms with Gasteiger partial charge in [0, 0.05) is 0 Å². The first-order valence-electron chi connectivity index (χ1n) is 4.52. The van der Waals surface area contributed by atoms with Gasteiger partial charge in [0.1, 0.15) is 0 Å². The van der Waals surface area contributed by atoms with Gasteiger partial charge in [-0.2, -0.15) is 0 Å². The van der Waals surface area contributed by atoms with Crippen LogP contribution in [-0.2, 0) is 0 Å². The number of rotatable bonds is 5. The quantitative estimate of drug-likeness (QED) is 0.770. The number of nitrogens with two attached hydrogens (primary N) is 1. The van der Waals surface area contributed by atoms with Crippen molar-refractivity contribution < 1.29 is 9.13 Å². The summed E-state index contributed by atoms with van der Waals surface area (Å²) in [5.41, 5.74) is 5.31. The second-order valence-electron chi connectivity index (χ2n) is 2.90. The van der Waals surface area contributed by atoms with Gasteiger partial charge >= 0.3 is 0 Å². The number of hydrogen-bond donors (Lipinski definition) is 1. The number of benzene rings is 1. The van der Waals surface area contributed by atoms with Crippen molar-refractivity contribution in [3.8, 4) is 5.75 Å². The highest BCUT2D eigenvalue weighted by molar-refractivity contribution is 6.30. The molecule has 0 bridgehead atoms. The predicted molar refractivity (Wildman–Crippen MR) is 55.2 cm³/mol. The van der Waals surface area contributed by atoms with E-state index >= 15 is 0 Å². The largest absolute Gasteiger partial charge is 0.490 e. The Balaban J connectivity index is 2.46. The van der Waals surface area contributed by atoms with Crippen LogP contribution in [0.15, 0.2) is 18.2 Å². The maximum atomic E-state index is 13.2. The molecule has 4 heteroatoms. The second kappa shape index (κ2) is 5.83. The molecular formula is C10H13ClFNO. The van der Waals surface area contributed by atoms with Crippen molar-refractivity contribution in [2.75, 3.05) is 13.2 Å². The summed E-state index contributed by atoms with van der Waals surface area (Å²) in [6.45, 7) is 1.09. The highest BCUT2D eigenvalue weighted by Crippen LogP contribution is 2.23. The van der Waals surface area contributed by atoms with E-state index in [1.807, 2.05) is 0 Å². The topological polar surface area (TPSA) is 35.2 Å². The van der Waals surface area contributed by atoms with Crippen LogP contribution in [0.4, 0.5) is 4.39 Å². The normalized spacial score (nSPS) is 10.2. The smallest absolute Gasteiger partial charge is 0.183 e. The summed E-state index contributed by atoms with van der Waals surface area (Å²) in [5, 5.41) is 0.0846. The fourth-order valence-corrected chi connectivity index (χ4v) is 1.19. The lowest BCUT2D eigenvalue weighted by Crippen LogP contribution is -2.04. The molecular weight excluding hydrogens is 205 g/mol. The average molecular weight is 218 g/mol. The van der Waals surface area contributed by atoms with E-state index in [1.54, 1.807) is 12.1 Å². The minimum Gasteiger partial charge on any atom is -0.490 e. The standard InChI is InChI=1S/C10H13ClFNO/c11-8-4-3-5-9(10(8)12)14-7-2-1-6-13/h3-5H,1-2,6-7,13H2. The zero-order valence-corrected chi connectivity index (χ0v) is 8.56. The number of ether oxygens (including phenoxy) is 1. The van der Waals surface area contributed by atoms with Crippen LogP contribution in [0.5, 0.6) is 5.75 Å². The minimum absolute atomic E-state index is 0.0846. The van der Waals surface area contributed by atoms with Crippen molar-refractivity contribution >= 4 is 11.6 Å². The predicted octanol–water partition coefficient (Wildman–Crippen LogP) is 2.60. The molecule has 0 fully saturated rings. The molecule has 2 nitrogen and oxygen atoms in total. The summed E-state index contributed by atoms with van der Waals surface area (Å²) in [4.78, 5) is 0. The van der Waals surface area contributed by atoms with Gasteiger partial charge < -0.3 is 10.5 Å². The average Bonchev–Trinajstić information content (AvgIpc) is 2.19. The SMILES string of the molecule is NCCCCOc1cccc(Cl)c1F. The van der Waals surface area contributed by atoms with Crippen molar-refractivity contribution in [1.82, 2.24) is 0 Å². The summed E-state index contributed by atoms with van der Waals surface area (Å²) in [6.07, 6.45) is 1.70. The first-order valence-corrected chi connectivity index (χ1v) is 4.90. The maximum Gasteiger partial charge on any atom is 0.183 e. The monoisotopic (exact) mass is 217 g/mol. The maximum absolute atomic E-state index is 13.2. The fourth-order valence-electron chi connectivity index (χ4n) is 1.02. The van der Waals surface area contributed by atoms with E-state index in [9.17, 15) is 4.39 Å². The Morgan fingerprint density at radius 1 is 1.36 bits per heavy atom. The van der Waals surface area contributed by atoms with Crippen LogP contribution >= 0.6 is 11.6 Å². The number of hydrogen-bond acceptors (Lipinski definition) is 2. The Morgan fingerprint density at radius 2 is 2.14 bits per heavy atom. The minimum atomic E-state index is -0.498. The molecule has 0 aliphatic carbocycles. The molecule has 0 unspecified atom stereocenters. The van der Waals surface area contributed by atoms with Crippen molar-refractivity contribution in [3.05, 3.63) is 29.0 Å². The molecule has 2 N–H and O–H groups in total. The first kappa shape index (κ1) is 11.3. The highest BCUT2D eigenvalue weighted by Gasteiger charge is 2.06. The Hall–Kier alpha value is -0.800. The van der Waals surface area contributed by atoms with Gasteiger partial charge in [-0.05, 0) is 31.5 Å². The molecule has 0 heterocycles. The Labute approximate surface area is 87.8 Å². The van der Waals surface area contributed by atoms with Crippen molar-refractivity contribution in [2.45, 2.75) is 12.8 Å². The van der Waals surface area contributed by atoms with Crippen LogP contribution in [0.3, 0.4) is 0 Å². The Kier molecular flexibility index (Phi) is 4.70. The third kappa shape index (κ3) is 3.16. The third-order valence-corrected chi connectivity index (χ3v) is 2.06. The second-order valence-corrected chi connectivity index (χ2v) is 3.30. The molecule has 0 atom stereocenters. The van der Waals surface area contributed by atoms with Gasteiger partial charge in [-0.3, -0.25) is 0 Å². The summed E-state index contributed by atoms with van der Waals surface area (Å²) < 4.78 is 18.4. The van der Waals surface area contributed by atoms with Crippen molar-refractivity contribution in [1.29, 1.82) is 0 Å². The molecule has 14 heavy (non-hydrogen) atoms. The summed E-state index contributed by atoms with van der Waals surface area (Å²) in [6, 6.07) is 4.71. The lowest BCUT2D eigenvalue weighted by Gasteiger charge is -2.06. The van der Waals surface area contributed by atoms with Crippen LogP contribution in [0.1, 0.15) is 12.8 Å². The molecule has 1 rings (SSSR count). The molecule has 0 saturated carbocycles. The zero-order valence-electron chi connectivity index (χ0n) is 7.80. The van der Waals surface area contributed by atoms with Crippen molar-refractivity contribution in [2.24, 2.45) is 5.73 Å². The molecule has 0 amide bonds. The van der Waals surface area contributed by atoms with Crippen LogP contribution < -0.4 is 10.5 Å². The Bertz CT molecular complexity index is 293. The number of halogens is 2. The van der Waals surface area contributed by atoms with Gasteiger partial charge in [-0.15, -0.1) is 0 Å². The van der Waals surface area contributed by atoms with E-state index in [0.29, 0.717) is 13.2 Å². The molecule has 0 aliphatic rings. The van der Waals surface area contributed by atoms with Crippen LogP contribution in [0.25, 0.3) is 0 Å². The van der Waals surface area contributed by atoms with Crippen molar-refractivity contribution in [3.63, 3.8) is 0 Å². The van der Waals surface area contributed by atoms with Gasteiger partial charge in [0.25, 0.3) is 0 Å². The van der Waals surface area contributed by atoms with E-state index in [-0.39, 0.29) is 10.8 Å². The van der Waals surface area contributed by atoms with E-state index in [0.717, 1.165) is 12.8 Å². The first-order chi connectivity index (χ1) is 6.75. The highest BCUT2D eigenvalue weighted by atomic mass is 35.5. The zero-order chi connectivity index (χ0) is 10.4. The van der Waals surface area contributed by atoms with Crippen LogP contribution in [0.2, 0.25) is 5.02 Å². The van der Waals surface area contributed by atoms with Gasteiger partial charge in [0.15, 0.2) is 11.6 Å². The molecule has 0 aliphatic heterocycles. The number of unbranched alkanes of at least 4 members (excludes halogenated alkanes) is 1. The van der Waals surface area contributed by atoms with Gasteiger partial charge in [-0.25, -0.2) is 4.39 Å². The molecule has 78 valence electrons. The fraction of sp³-hybridized carbons (Fsp3) is 0.400. The van der Waals surface area contributed by atoms with Gasteiger partial charge in [0.2, 0.25) is 0 Å². The molecule has 1 aromatic carbocycles. The van der Waals surface area contributed by atoms with Crippen LogP contribution in [0, 0.1) is 5.82 Å².